The van der Waals surface area contributed by atoms with Gasteiger partial charge in [-0.05, 0) is 25.1 Å². The van der Waals surface area contributed by atoms with E-state index in [1.165, 1.54) is 19.2 Å². The third-order valence-corrected chi connectivity index (χ3v) is 6.46. The molecule has 1 aromatic heterocycles. The van der Waals surface area contributed by atoms with E-state index in [1.807, 2.05) is 36.1 Å². The smallest absolute Gasteiger partial charge is 0.340 e. The lowest BCUT2D eigenvalue weighted by molar-refractivity contribution is 0.0601. The average molecular weight is 472 g/mol. The van der Waals surface area contributed by atoms with Crippen molar-refractivity contribution >= 4 is 21.7 Å². The van der Waals surface area contributed by atoms with Crippen LogP contribution in [-0.2, 0) is 21.3 Å². The van der Waals surface area contributed by atoms with Gasteiger partial charge in [0.1, 0.15) is 0 Å². The van der Waals surface area contributed by atoms with E-state index in [4.69, 9.17) is 14.4 Å². The van der Waals surface area contributed by atoms with E-state index < -0.39 is 16.0 Å². The molecule has 3 aromatic rings. The highest BCUT2D eigenvalue weighted by molar-refractivity contribution is 7.89. The van der Waals surface area contributed by atoms with Gasteiger partial charge in [-0.3, -0.25) is 4.90 Å². The first-order valence-electron chi connectivity index (χ1n) is 10.4. The van der Waals surface area contributed by atoms with Crippen molar-refractivity contribution in [2.45, 2.75) is 18.4 Å². The number of hydrogen-bond donors (Lipinski definition) is 1. The maximum atomic E-state index is 12.3. The first kappa shape index (κ1) is 22.9. The second kappa shape index (κ2) is 9.30. The number of hydrogen-bond acceptors (Lipinski definition) is 9. The van der Waals surface area contributed by atoms with Crippen molar-refractivity contribution in [3.8, 4) is 11.4 Å². The summed E-state index contributed by atoms with van der Waals surface area (Å²) >= 11 is 0. The molecule has 11 heteroatoms. The van der Waals surface area contributed by atoms with Gasteiger partial charge in [0.25, 0.3) is 0 Å². The minimum absolute atomic E-state index is 0.133. The van der Waals surface area contributed by atoms with Crippen LogP contribution in [0, 0.1) is 6.92 Å². The second-order valence-electron chi connectivity index (χ2n) is 7.86. The fraction of sp³-hybridized carbons (Fsp3) is 0.318. The maximum Gasteiger partial charge on any atom is 0.340 e. The number of sulfonamides is 1. The number of esters is 1. The number of carbonyl (C=O) groups excluding carboxylic acids is 1. The SMILES string of the molecule is COC(=O)c1cc(S(N)(=O)=O)ccc1N1CCN(Cc2nc(-c3ccc(C)cc3)no2)CC1. The van der Waals surface area contributed by atoms with E-state index >= 15 is 0 Å². The minimum Gasteiger partial charge on any atom is -0.465 e. The molecule has 1 aliphatic rings. The molecule has 1 fully saturated rings. The van der Waals surface area contributed by atoms with Gasteiger partial charge in [0.05, 0.1) is 29.8 Å². The van der Waals surface area contributed by atoms with E-state index in [0.29, 0.717) is 50.1 Å². The lowest BCUT2D eigenvalue weighted by Crippen LogP contribution is -2.46. The zero-order valence-corrected chi connectivity index (χ0v) is 19.2. The third-order valence-electron chi connectivity index (χ3n) is 5.55. The number of aromatic nitrogens is 2. The Hall–Kier alpha value is -3.28. The molecule has 33 heavy (non-hydrogen) atoms. The molecule has 2 aromatic carbocycles. The molecule has 174 valence electrons. The minimum atomic E-state index is -3.94. The Morgan fingerprint density at radius 1 is 1.12 bits per heavy atom. The fourth-order valence-corrected chi connectivity index (χ4v) is 4.26. The summed E-state index contributed by atoms with van der Waals surface area (Å²) in [5, 5.41) is 9.29. The van der Waals surface area contributed by atoms with Crippen molar-refractivity contribution in [1.29, 1.82) is 0 Å². The van der Waals surface area contributed by atoms with Gasteiger partial charge in [-0.25, -0.2) is 18.4 Å². The number of methoxy groups -OCH3 is 1. The highest BCUT2D eigenvalue weighted by Gasteiger charge is 2.25. The topological polar surface area (TPSA) is 132 Å². The Balaban J connectivity index is 1.43. The van der Waals surface area contributed by atoms with Crippen LogP contribution in [0.4, 0.5) is 5.69 Å². The Bertz CT molecular complexity index is 1250. The maximum absolute atomic E-state index is 12.3. The zero-order chi connectivity index (χ0) is 23.6. The van der Waals surface area contributed by atoms with Crippen LogP contribution >= 0.6 is 0 Å². The zero-order valence-electron chi connectivity index (χ0n) is 18.4. The van der Waals surface area contributed by atoms with Crippen molar-refractivity contribution in [2.75, 3.05) is 38.2 Å². The summed E-state index contributed by atoms with van der Waals surface area (Å²) in [5.74, 6) is 0.473. The third kappa shape index (κ3) is 5.21. The number of primary sulfonamides is 1. The average Bonchev–Trinajstić information content (AvgIpc) is 3.27. The van der Waals surface area contributed by atoms with Gasteiger partial charge in [0.15, 0.2) is 0 Å². The molecule has 0 aliphatic carbocycles. The number of nitrogens with two attached hydrogens (primary N) is 1. The number of rotatable bonds is 6. The van der Waals surface area contributed by atoms with Crippen molar-refractivity contribution < 1.29 is 22.5 Å². The number of piperazine rings is 1. The van der Waals surface area contributed by atoms with Crippen LogP contribution in [0.15, 0.2) is 51.9 Å². The second-order valence-corrected chi connectivity index (χ2v) is 9.42. The molecule has 0 amide bonds. The molecular weight excluding hydrogens is 446 g/mol. The predicted molar refractivity (Wildman–Crippen MR) is 121 cm³/mol. The summed E-state index contributed by atoms with van der Waals surface area (Å²) in [6, 6.07) is 12.2. The lowest BCUT2D eigenvalue weighted by atomic mass is 10.1. The highest BCUT2D eigenvalue weighted by Crippen LogP contribution is 2.26. The Morgan fingerprint density at radius 3 is 2.45 bits per heavy atom. The van der Waals surface area contributed by atoms with Crippen LogP contribution in [-0.4, -0.2) is 62.7 Å². The molecule has 2 heterocycles. The summed E-state index contributed by atoms with van der Waals surface area (Å²) < 4.78 is 33.7. The first-order chi connectivity index (χ1) is 15.7. The Kier molecular flexibility index (Phi) is 6.45. The number of aryl methyl sites for hydroxylation is 1. The van der Waals surface area contributed by atoms with Crippen LogP contribution < -0.4 is 10.0 Å². The molecule has 0 bridgehead atoms. The van der Waals surface area contributed by atoms with Gasteiger partial charge >= 0.3 is 5.97 Å². The van der Waals surface area contributed by atoms with Crippen LogP contribution in [0.5, 0.6) is 0 Å². The first-order valence-corrected chi connectivity index (χ1v) is 11.9. The highest BCUT2D eigenvalue weighted by atomic mass is 32.2. The molecule has 1 aliphatic heterocycles. The number of ether oxygens (including phenoxy) is 1. The number of carbonyl (C=O) groups is 1. The molecule has 0 unspecified atom stereocenters. The normalized spacial score (nSPS) is 14.9. The standard InChI is InChI=1S/C22H25N5O5S/c1-15-3-5-16(6-4-15)21-24-20(32-25-21)14-26-9-11-27(12-10-26)19-8-7-17(33(23,29)30)13-18(19)22(28)31-2/h3-8,13H,9-12,14H2,1-2H3,(H2,23,29,30). The molecule has 4 rings (SSSR count). The largest absolute Gasteiger partial charge is 0.465 e. The van der Waals surface area contributed by atoms with Crippen LogP contribution in [0.1, 0.15) is 21.8 Å². The van der Waals surface area contributed by atoms with Gasteiger partial charge in [-0.2, -0.15) is 4.98 Å². The van der Waals surface area contributed by atoms with Gasteiger partial charge in [0.2, 0.25) is 21.7 Å². The number of anilines is 1. The van der Waals surface area contributed by atoms with Crippen molar-refractivity contribution in [2.24, 2.45) is 5.14 Å². The summed E-state index contributed by atoms with van der Waals surface area (Å²) in [6.45, 7) is 5.17. The quantitative estimate of drug-likeness (QED) is 0.534. The molecule has 0 radical (unpaired) electrons. The Labute approximate surface area is 192 Å². The molecule has 0 saturated carbocycles. The van der Waals surface area contributed by atoms with Crippen molar-refractivity contribution in [3.05, 3.63) is 59.5 Å². The number of benzene rings is 2. The molecular formula is C22H25N5O5S. The van der Waals surface area contributed by atoms with Crippen LogP contribution in [0.25, 0.3) is 11.4 Å². The van der Waals surface area contributed by atoms with Crippen LogP contribution in [0.3, 0.4) is 0 Å². The molecule has 0 atom stereocenters. The monoisotopic (exact) mass is 471 g/mol. The lowest BCUT2D eigenvalue weighted by Gasteiger charge is -2.36. The van der Waals surface area contributed by atoms with E-state index in [0.717, 1.165) is 11.1 Å². The summed E-state index contributed by atoms with van der Waals surface area (Å²) in [6.07, 6.45) is 0. The molecule has 1 saturated heterocycles. The van der Waals surface area contributed by atoms with Gasteiger partial charge in [0, 0.05) is 31.7 Å². The van der Waals surface area contributed by atoms with E-state index in [1.54, 1.807) is 6.07 Å². The van der Waals surface area contributed by atoms with E-state index in [-0.39, 0.29) is 10.5 Å². The fourth-order valence-electron chi connectivity index (χ4n) is 3.72. The van der Waals surface area contributed by atoms with Gasteiger partial charge in [-0.15, -0.1) is 0 Å². The predicted octanol–water partition coefficient (Wildman–Crippen LogP) is 1.80. The van der Waals surface area contributed by atoms with E-state index in [2.05, 4.69) is 15.0 Å². The molecule has 0 spiro atoms. The number of nitrogens with zero attached hydrogens (tertiary/aromatic N) is 4. The summed E-state index contributed by atoms with van der Waals surface area (Å²) in [7, 11) is -2.68. The van der Waals surface area contributed by atoms with Crippen LogP contribution in [0.2, 0.25) is 0 Å². The summed E-state index contributed by atoms with van der Waals surface area (Å²) in [5.41, 5.74) is 2.83. The Morgan fingerprint density at radius 2 is 1.82 bits per heavy atom. The van der Waals surface area contributed by atoms with Crippen molar-refractivity contribution in [1.82, 2.24) is 15.0 Å². The molecule has 10 nitrogen and oxygen atoms in total. The van der Waals surface area contributed by atoms with Gasteiger partial charge in [-0.1, -0.05) is 35.0 Å². The van der Waals surface area contributed by atoms with Crippen molar-refractivity contribution in [3.63, 3.8) is 0 Å². The van der Waals surface area contributed by atoms with Gasteiger partial charge < -0.3 is 14.2 Å². The molecule has 2 N–H and O–H groups in total. The summed E-state index contributed by atoms with van der Waals surface area (Å²) in [4.78, 5) is 20.8. The van der Waals surface area contributed by atoms with E-state index in [9.17, 15) is 13.2 Å².